The summed E-state index contributed by atoms with van der Waals surface area (Å²) in [4.78, 5) is 10.4. The number of hydrogen-bond acceptors (Lipinski definition) is 2. The second kappa shape index (κ2) is 6.89. The van der Waals surface area contributed by atoms with Crippen molar-refractivity contribution >= 4 is 5.97 Å². The molecule has 0 aromatic heterocycles. The molecular formula is C11H5F15O2. The number of halogens is 15. The van der Waals surface area contributed by atoms with Crippen molar-refractivity contribution in [1.82, 2.24) is 0 Å². The molecule has 0 spiro atoms. The highest BCUT2D eigenvalue weighted by atomic mass is 19.4. The largest absolute Gasteiger partial charge is 0.460 e. The first-order valence-electron chi connectivity index (χ1n) is 6.08. The van der Waals surface area contributed by atoms with Crippen LogP contribution >= 0.6 is 0 Å². The Bertz CT molecular complexity index is 604. The van der Waals surface area contributed by atoms with Gasteiger partial charge in [0, 0.05) is 6.08 Å². The molecule has 0 radical (unpaired) electrons. The molecule has 0 atom stereocenters. The summed E-state index contributed by atoms with van der Waals surface area (Å²) in [7, 11) is 0. The van der Waals surface area contributed by atoms with Crippen LogP contribution in [-0.4, -0.2) is 54.3 Å². The van der Waals surface area contributed by atoms with Gasteiger partial charge in [-0.2, -0.15) is 65.9 Å². The monoisotopic (exact) mass is 454 g/mol. The summed E-state index contributed by atoms with van der Waals surface area (Å²) in [5.74, 6) is -49.2. The summed E-state index contributed by atoms with van der Waals surface area (Å²) in [6.07, 6.45) is -7.67. The minimum atomic E-state index is -8.37. The highest BCUT2D eigenvalue weighted by Gasteiger charge is 2.93. The first-order chi connectivity index (χ1) is 12.0. The number of hydrogen-bond donors (Lipinski definition) is 0. The van der Waals surface area contributed by atoms with Gasteiger partial charge in [-0.25, -0.2) is 4.79 Å². The van der Waals surface area contributed by atoms with E-state index in [-0.39, 0.29) is 6.08 Å². The van der Waals surface area contributed by atoms with Gasteiger partial charge in [-0.3, -0.25) is 0 Å². The Hall–Kier alpha value is -1.84. The smallest absolute Gasteiger partial charge is 0.456 e. The molecule has 28 heavy (non-hydrogen) atoms. The van der Waals surface area contributed by atoms with E-state index in [1.807, 2.05) is 0 Å². The predicted molar refractivity (Wildman–Crippen MR) is 56.9 cm³/mol. The molecule has 0 saturated heterocycles. The fourth-order valence-electron chi connectivity index (χ4n) is 1.31. The lowest BCUT2D eigenvalue weighted by Crippen LogP contribution is -2.73. The summed E-state index contributed by atoms with van der Waals surface area (Å²) in [5, 5.41) is 0. The average molecular weight is 454 g/mol. The Labute approximate surface area is 143 Å². The second-order valence-corrected chi connectivity index (χ2v) is 4.89. The SMILES string of the molecule is C=CC(=O)OCC(F)(F)C(F)(F)C(F)(F)C(F)(F)C(F)(F)C(F)(F)C(F)(F)F. The maximum absolute atomic E-state index is 13.2. The zero-order chi connectivity index (χ0) is 23.2. The number of carbonyl (C=O) groups excluding carboxylic acids is 1. The molecule has 0 aliphatic rings. The molecule has 2 nitrogen and oxygen atoms in total. The van der Waals surface area contributed by atoms with Crippen LogP contribution in [0.25, 0.3) is 0 Å². The molecule has 166 valence electrons. The molecule has 0 unspecified atom stereocenters. The van der Waals surface area contributed by atoms with Crippen LogP contribution in [-0.2, 0) is 9.53 Å². The van der Waals surface area contributed by atoms with Crippen LogP contribution in [0.4, 0.5) is 65.9 Å². The number of alkyl halides is 15. The maximum atomic E-state index is 13.2. The van der Waals surface area contributed by atoms with E-state index in [1.165, 1.54) is 0 Å². The van der Waals surface area contributed by atoms with Crippen LogP contribution in [0.1, 0.15) is 0 Å². The van der Waals surface area contributed by atoms with Crippen molar-refractivity contribution in [2.45, 2.75) is 41.7 Å². The topological polar surface area (TPSA) is 26.3 Å². The zero-order valence-electron chi connectivity index (χ0n) is 12.5. The van der Waals surface area contributed by atoms with Gasteiger partial charge in [0.1, 0.15) is 0 Å². The average Bonchev–Trinajstić information content (AvgIpc) is 2.50. The van der Waals surface area contributed by atoms with Crippen molar-refractivity contribution in [3.8, 4) is 0 Å². The van der Waals surface area contributed by atoms with Gasteiger partial charge in [-0.1, -0.05) is 6.58 Å². The lowest BCUT2D eigenvalue weighted by atomic mass is 9.91. The molecule has 0 aliphatic carbocycles. The van der Waals surface area contributed by atoms with Crippen molar-refractivity contribution in [2.75, 3.05) is 6.61 Å². The quantitative estimate of drug-likeness (QED) is 0.290. The molecule has 0 N–H and O–H groups in total. The fourth-order valence-corrected chi connectivity index (χ4v) is 1.31. The normalized spacial score (nSPS) is 15.4. The number of esters is 1. The molecule has 0 aliphatic heterocycles. The molecule has 0 aromatic rings. The third-order valence-corrected chi connectivity index (χ3v) is 2.96. The maximum Gasteiger partial charge on any atom is 0.460 e. The van der Waals surface area contributed by atoms with E-state index in [0.29, 0.717) is 0 Å². The second-order valence-electron chi connectivity index (χ2n) is 4.89. The van der Waals surface area contributed by atoms with Gasteiger partial charge in [0.2, 0.25) is 0 Å². The Balaban J connectivity index is 6.31. The van der Waals surface area contributed by atoms with E-state index in [2.05, 4.69) is 11.3 Å². The molecule has 0 aromatic carbocycles. The van der Waals surface area contributed by atoms with Crippen LogP contribution in [0.15, 0.2) is 12.7 Å². The van der Waals surface area contributed by atoms with Crippen molar-refractivity contribution in [3.05, 3.63) is 12.7 Å². The summed E-state index contributed by atoms with van der Waals surface area (Å²) < 4.78 is 195. The van der Waals surface area contributed by atoms with Crippen molar-refractivity contribution in [1.29, 1.82) is 0 Å². The van der Waals surface area contributed by atoms with Gasteiger partial charge in [-0.15, -0.1) is 0 Å². The van der Waals surface area contributed by atoms with E-state index < -0.39 is 54.3 Å². The van der Waals surface area contributed by atoms with Crippen LogP contribution in [0.5, 0.6) is 0 Å². The van der Waals surface area contributed by atoms with Crippen LogP contribution in [0, 0.1) is 0 Å². The minimum Gasteiger partial charge on any atom is -0.456 e. The Morgan fingerprint density at radius 3 is 1.29 bits per heavy atom. The van der Waals surface area contributed by atoms with Crippen LogP contribution < -0.4 is 0 Å². The Kier molecular flexibility index (Phi) is 6.44. The lowest BCUT2D eigenvalue weighted by molar-refractivity contribution is -0.453. The van der Waals surface area contributed by atoms with Crippen LogP contribution in [0.2, 0.25) is 0 Å². The Morgan fingerprint density at radius 1 is 0.643 bits per heavy atom. The fraction of sp³-hybridized carbons (Fsp3) is 0.727. The predicted octanol–water partition coefficient (Wildman–Crippen LogP) is 5.09. The Morgan fingerprint density at radius 2 is 0.964 bits per heavy atom. The van der Waals surface area contributed by atoms with Gasteiger partial charge >= 0.3 is 47.7 Å². The standard InChI is InChI=1S/C11H5F15O2/c1-2-4(27)28-3-5(12,13)6(14,15)7(16,17)8(18,19)9(20,21)10(22,23)11(24,25)26/h2H,1,3H2. The lowest BCUT2D eigenvalue weighted by Gasteiger charge is -2.41. The molecule has 0 saturated carbocycles. The number of carbonyl (C=O) groups is 1. The summed E-state index contributed by atoms with van der Waals surface area (Å²) in [6, 6.07) is 0. The third kappa shape index (κ3) is 3.58. The first-order valence-corrected chi connectivity index (χ1v) is 6.08. The molecule has 0 bridgehead atoms. The van der Waals surface area contributed by atoms with E-state index >= 15 is 0 Å². The molecule has 0 amide bonds. The molecule has 0 heterocycles. The first kappa shape index (κ1) is 26.2. The van der Waals surface area contributed by atoms with Gasteiger partial charge in [0.25, 0.3) is 0 Å². The van der Waals surface area contributed by atoms with Crippen LogP contribution in [0.3, 0.4) is 0 Å². The van der Waals surface area contributed by atoms with Crippen molar-refractivity contribution in [3.63, 3.8) is 0 Å². The summed E-state index contributed by atoms with van der Waals surface area (Å²) >= 11 is 0. The molecular weight excluding hydrogens is 449 g/mol. The summed E-state index contributed by atoms with van der Waals surface area (Å²) in [5.41, 5.74) is 0. The zero-order valence-corrected chi connectivity index (χ0v) is 12.5. The van der Waals surface area contributed by atoms with Gasteiger partial charge in [0.15, 0.2) is 6.61 Å². The van der Waals surface area contributed by atoms with E-state index in [1.54, 1.807) is 0 Å². The third-order valence-electron chi connectivity index (χ3n) is 2.96. The van der Waals surface area contributed by atoms with Gasteiger partial charge in [0.05, 0.1) is 0 Å². The number of ether oxygens (including phenoxy) is 1. The highest BCUT2D eigenvalue weighted by Crippen LogP contribution is 2.62. The highest BCUT2D eigenvalue weighted by molar-refractivity contribution is 5.81. The van der Waals surface area contributed by atoms with E-state index in [0.717, 1.165) is 0 Å². The van der Waals surface area contributed by atoms with E-state index in [9.17, 15) is 70.7 Å². The summed E-state index contributed by atoms with van der Waals surface area (Å²) in [6.45, 7) is -0.639. The van der Waals surface area contributed by atoms with E-state index in [4.69, 9.17) is 0 Å². The van der Waals surface area contributed by atoms with Gasteiger partial charge in [-0.05, 0) is 0 Å². The number of rotatable bonds is 8. The van der Waals surface area contributed by atoms with Crippen molar-refractivity contribution < 1.29 is 75.4 Å². The molecule has 0 rings (SSSR count). The van der Waals surface area contributed by atoms with Gasteiger partial charge < -0.3 is 4.74 Å². The van der Waals surface area contributed by atoms with Crippen molar-refractivity contribution in [2.24, 2.45) is 0 Å². The molecule has 0 fully saturated rings. The molecule has 17 heteroatoms. The minimum absolute atomic E-state index is 0.0149.